The van der Waals surface area contributed by atoms with Crippen molar-refractivity contribution in [1.82, 2.24) is 0 Å². The van der Waals surface area contributed by atoms with E-state index in [1.165, 1.54) is 0 Å². The average molecular weight is 113 g/mol. The first kappa shape index (κ1) is 5.76. The van der Waals surface area contributed by atoms with Crippen molar-refractivity contribution in [1.29, 1.82) is 0 Å². The third-order valence-corrected chi connectivity index (χ3v) is 1.41. The van der Waals surface area contributed by atoms with Gasteiger partial charge in [0.2, 0.25) is 0 Å². The van der Waals surface area contributed by atoms with Crippen LogP contribution >= 0.6 is 0 Å². The first-order chi connectivity index (χ1) is 3.93. The summed E-state index contributed by atoms with van der Waals surface area (Å²) in [6.45, 7) is 0.943. The Labute approximate surface area is 49.6 Å². The van der Waals surface area contributed by atoms with Crippen LogP contribution in [0.15, 0.2) is 4.99 Å². The summed E-state index contributed by atoms with van der Waals surface area (Å²) < 4.78 is 5.10. The van der Waals surface area contributed by atoms with Gasteiger partial charge in [-0.3, -0.25) is 4.99 Å². The molecular formula is C6H11NO. The Balaban J connectivity index is 2.27. The van der Waals surface area contributed by atoms with Crippen LogP contribution in [-0.2, 0) is 4.74 Å². The number of rotatable bonds is 1. The number of hydrogen-bond acceptors (Lipinski definition) is 2. The number of ether oxygens (including phenoxy) is 1. The Kier molecular flexibility index (Phi) is 2.03. The van der Waals surface area contributed by atoms with Gasteiger partial charge in [-0.25, -0.2) is 0 Å². The maximum absolute atomic E-state index is 5.10. The lowest BCUT2D eigenvalue weighted by atomic mass is 10.1. The van der Waals surface area contributed by atoms with E-state index in [4.69, 9.17) is 4.74 Å². The van der Waals surface area contributed by atoms with Crippen LogP contribution < -0.4 is 0 Å². The summed E-state index contributed by atoms with van der Waals surface area (Å²) in [5.74, 6) is 0. The molecule has 0 saturated heterocycles. The average Bonchev–Trinajstić information content (AvgIpc) is 1.90. The first-order valence-electron chi connectivity index (χ1n) is 2.94. The molecule has 0 radical (unpaired) electrons. The zero-order valence-corrected chi connectivity index (χ0v) is 5.13. The molecule has 0 bridgehead atoms. The summed E-state index contributed by atoms with van der Waals surface area (Å²) in [6.07, 6.45) is 4.47. The highest BCUT2D eigenvalue weighted by molar-refractivity contribution is 5.58. The Morgan fingerprint density at radius 1 is 1.75 bits per heavy atom. The summed E-state index contributed by atoms with van der Waals surface area (Å²) in [4.78, 5) is 4.07. The predicted molar refractivity (Wildman–Crippen MR) is 33.4 cm³/mol. The highest BCUT2D eigenvalue weighted by atomic mass is 16.5. The Morgan fingerprint density at radius 2 is 2.62 bits per heavy atom. The van der Waals surface area contributed by atoms with Crippen LogP contribution in [-0.4, -0.2) is 26.0 Å². The smallest absolute Gasteiger partial charge is 0.0638 e. The van der Waals surface area contributed by atoms with Crippen LogP contribution in [0.5, 0.6) is 0 Å². The van der Waals surface area contributed by atoms with Gasteiger partial charge in [-0.1, -0.05) is 0 Å². The first-order valence-corrected chi connectivity index (χ1v) is 2.94. The topological polar surface area (TPSA) is 21.6 Å². The normalized spacial score (nSPS) is 28.4. The van der Waals surface area contributed by atoms with Crippen LogP contribution in [0.4, 0.5) is 0 Å². The summed E-state index contributed by atoms with van der Waals surface area (Å²) >= 11 is 0. The van der Waals surface area contributed by atoms with Crippen LogP contribution in [0.3, 0.4) is 0 Å². The maximum Gasteiger partial charge on any atom is 0.0638 e. The Bertz CT molecular complexity index is 90.5. The standard InChI is InChI=1S/C6H11NO/c1-8-6-2-4-7-5-3-6/h4,6H,2-3,5H2,1H3. The third kappa shape index (κ3) is 1.30. The molecule has 1 aliphatic heterocycles. The number of methoxy groups -OCH3 is 1. The molecule has 0 N–H and O–H groups in total. The summed E-state index contributed by atoms with van der Waals surface area (Å²) in [5, 5.41) is 0. The summed E-state index contributed by atoms with van der Waals surface area (Å²) in [6, 6.07) is 0. The second kappa shape index (κ2) is 2.82. The Morgan fingerprint density at radius 3 is 3.00 bits per heavy atom. The second-order valence-electron chi connectivity index (χ2n) is 1.97. The highest BCUT2D eigenvalue weighted by Crippen LogP contribution is 2.04. The van der Waals surface area contributed by atoms with Crippen LogP contribution in [0, 0.1) is 0 Å². The fourth-order valence-corrected chi connectivity index (χ4v) is 0.834. The lowest BCUT2D eigenvalue weighted by Gasteiger charge is -2.14. The number of nitrogens with zero attached hydrogens (tertiary/aromatic N) is 1. The molecule has 0 fully saturated rings. The molecule has 0 aromatic heterocycles. The predicted octanol–water partition coefficient (Wildman–Crippen LogP) is 0.866. The van der Waals surface area contributed by atoms with E-state index in [-0.39, 0.29) is 0 Å². The van der Waals surface area contributed by atoms with E-state index in [0.29, 0.717) is 6.10 Å². The quantitative estimate of drug-likeness (QED) is 0.494. The van der Waals surface area contributed by atoms with Crippen molar-refractivity contribution in [3.8, 4) is 0 Å². The van der Waals surface area contributed by atoms with Gasteiger partial charge in [0.1, 0.15) is 0 Å². The van der Waals surface area contributed by atoms with Gasteiger partial charge in [-0.2, -0.15) is 0 Å². The zero-order valence-electron chi connectivity index (χ0n) is 5.13. The molecule has 0 aromatic rings. The number of aliphatic imine (C=N–C) groups is 1. The van der Waals surface area contributed by atoms with Crippen LogP contribution in [0.25, 0.3) is 0 Å². The molecule has 0 spiro atoms. The van der Waals surface area contributed by atoms with E-state index in [1.54, 1.807) is 7.11 Å². The molecular weight excluding hydrogens is 102 g/mol. The largest absolute Gasteiger partial charge is 0.381 e. The molecule has 1 unspecified atom stereocenters. The summed E-state index contributed by atoms with van der Waals surface area (Å²) in [5.41, 5.74) is 0. The molecule has 0 saturated carbocycles. The van der Waals surface area contributed by atoms with Crippen molar-refractivity contribution in [3.05, 3.63) is 0 Å². The van der Waals surface area contributed by atoms with E-state index >= 15 is 0 Å². The van der Waals surface area contributed by atoms with Gasteiger partial charge in [-0.15, -0.1) is 0 Å². The van der Waals surface area contributed by atoms with Gasteiger partial charge >= 0.3 is 0 Å². The molecule has 2 nitrogen and oxygen atoms in total. The van der Waals surface area contributed by atoms with E-state index in [0.717, 1.165) is 19.4 Å². The van der Waals surface area contributed by atoms with Crippen molar-refractivity contribution >= 4 is 6.21 Å². The minimum Gasteiger partial charge on any atom is -0.381 e. The van der Waals surface area contributed by atoms with Crippen molar-refractivity contribution in [2.75, 3.05) is 13.7 Å². The van der Waals surface area contributed by atoms with E-state index < -0.39 is 0 Å². The van der Waals surface area contributed by atoms with Gasteiger partial charge in [0.05, 0.1) is 6.10 Å². The van der Waals surface area contributed by atoms with Crippen molar-refractivity contribution in [2.45, 2.75) is 18.9 Å². The van der Waals surface area contributed by atoms with E-state index in [9.17, 15) is 0 Å². The molecule has 1 heterocycles. The Hall–Kier alpha value is -0.370. The van der Waals surface area contributed by atoms with E-state index in [2.05, 4.69) is 4.99 Å². The third-order valence-electron chi connectivity index (χ3n) is 1.41. The van der Waals surface area contributed by atoms with Gasteiger partial charge < -0.3 is 4.74 Å². The van der Waals surface area contributed by atoms with Crippen molar-refractivity contribution in [2.24, 2.45) is 4.99 Å². The molecule has 2 heteroatoms. The van der Waals surface area contributed by atoms with Gasteiger partial charge in [-0.05, 0) is 6.42 Å². The minimum absolute atomic E-state index is 0.438. The molecule has 8 heavy (non-hydrogen) atoms. The van der Waals surface area contributed by atoms with Gasteiger partial charge in [0.25, 0.3) is 0 Å². The lowest BCUT2D eigenvalue weighted by molar-refractivity contribution is 0.101. The monoisotopic (exact) mass is 113 g/mol. The number of hydrogen-bond donors (Lipinski definition) is 0. The molecule has 1 atom stereocenters. The lowest BCUT2D eigenvalue weighted by Crippen LogP contribution is -2.15. The van der Waals surface area contributed by atoms with Gasteiger partial charge in [0, 0.05) is 26.3 Å². The zero-order chi connectivity index (χ0) is 5.82. The molecule has 0 aliphatic carbocycles. The maximum atomic E-state index is 5.10. The van der Waals surface area contributed by atoms with E-state index in [1.807, 2.05) is 6.21 Å². The molecule has 1 aliphatic rings. The fraction of sp³-hybridized carbons (Fsp3) is 0.833. The molecule has 1 rings (SSSR count). The molecule has 0 amide bonds. The summed E-state index contributed by atoms with van der Waals surface area (Å²) in [7, 11) is 1.75. The molecule has 0 aromatic carbocycles. The van der Waals surface area contributed by atoms with Crippen molar-refractivity contribution < 1.29 is 4.74 Å². The minimum atomic E-state index is 0.438. The van der Waals surface area contributed by atoms with Crippen LogP contribution in [0.1, 0.15) is 12.8 Å². The second-order valence-corrected chi connectivity index (χ2v) is 1.97. The highest BCUT2D eigenvalue weighted by Gasteiger charge is 2.06. The SMILES string of the molecule is COC1CC=NCC1. The molecule has 46 valence electrons. The van der Waals surface area contributed by atoms with Crippen LogP contribution in [0.2, 0.25) is 0 Å². The fourth-order valence-electron chi connectivity index (χ4n) is 0.834. The van der Waals surface area contributed by atoms with Gasteiger partial charge in [0.15, 0.2) is 0 Å². The van der Waals surface area contributed by atoms with Crippen molar-refractivity contribution in [3.63, 3.8) is 0 Å².